The fourth-order valence-electron chi connectivity index (χ4n) is 2.28. The van der Waals surface area contributed by atoms with Crippen LogP contribution in [0, 0.1) is 0 Å². The summed E-state index contributed by atoms with van der Waals surface area (Å²) in [6, 6.07) is 12.9. The van der Waals surface area contributed by atoms with Crippen molar-refractivity contribution in [3.8, 4) is 5.75 Å². The Morgan fingerprint density at radius 1 is 1.19 bits per heavy atom. The van der Waals surface area contributed by atoms with E-state index in [9.17, 15) is 9.90 Å². The molecule has 0 atom stereocenters. The Kier molecular flexibility index (Phi) is 6.46. The van der Waals surface area contributed by atoms with Crippen LogP contribution in [0.2, 0.25) is 0 Å². The van der Waals surface area contributed by atoms with Crippen molar-refractivity contribution in [2.24, 2.45) is 5.10 Å². The number of amides is 1. The molecule has 3 aromatic rings. The van der Waals surface area contributed by atoms with Crippen molar-refractivity contribution in [3.05, 3.63) is 78.9 Å². The van der Waals surface area contributed by atoms with Crippen LogP contribution < -0.4 is 5.43 Å². The molecule has 0 spiro atoms. The molecule has 0 aliphatic rings. The van der Waals surface area contributed by atoms with Gasteiger partial charge >= 0.3 is 0 Å². The second-order valence-electron chi connectivity index (χ2n) is 5.56. The van der Waals surface area contributed by atoms with Gasteiger partial charge in [0.25, 0.3) is 5.91 Å². The van der Waals surface area contributed by atoms with Crippen molar-refractivity contribution in [2.45, 2.75) is 6.54 Å². The first-order chi connectivity index (χ1) is 12.9. The molecule has 0 radical (unpaired) electrons. The van der Waals surface area contributed by atoms with Crippen LogP contribution in [-0.2, 0) is 6.54 Å². The lowest BCUT2D eigenvalue weighted by molar-refractivity contribution is 0.0949. The predicted octanol–water partition coefficient (Wildman–Crippen LogP) is 4.69. The smallest absolute Gasteiger partial charge is 0.291 e. The fourth-order valence-corrected chi connectivity index (χ4v) is 3.94. The third-order valence-corrected chi connectivity index (χ3v) is 5.23. The minimum Gasteiger partial charge on any atom is -0.506 e. The van der Waals surface area contributed by atoms with Crippen LogP contribution in [0.15, 0.2) is 67.2 Å². The first kappa shape index (κ1) is 19.8. The maximum absolute atomic E-state index is 12.2. The number of carbonyl (C=O) groups is 1. The standard InChI is InChI=1S/C18H13Br3N4O2/c19-13-3-1-2-11(6-13)10-25-5-4-16(24-25)18(27)23-22-9-12-7-14(20)17(26)15(21)8-12/h1-9,26H,10H2,(H,23,27). The molecule has 0 aliphatic carbocycles. The van der Waals surface area contributed by atoms with Crippen LogP contribution >= 0.6 is 47.8 Å². The number of carbonyl (C=O) groups excluding carboxylic acids is 1. The van der Waals surface area contributed by atoms with E-state index in [1.54, 1.807) is 29.1 Å². The number of phenolic OH excluding ortho intramolecular Hbond substituents is 1. The summed E-state index contributed by atoms with van der Waals surface area (Å²) in [5.41, 5.74) is 4.49. The van der Waals surface area contributed by atoms with Gasteiger partial charge in [0, 0.05) is 10.7 Å². The summed E-state index contributed by atoms with van der Waals surface area (Å²) >= 11 is 9.92. The molecule has 2 aromatic carbocycles. The van der Waals surface area contributed by atoms with E-state index >= 15 is 0 Å². The molecule has 27 heavy (non-hydrogen) atoms. The number of benzene rings is 2. The summed E-state index contributed by atoms with van der Waals surface area (Å²) in [7, 11) is 0. The second kappa shape index (κ2) is 8.81. The maximum atomic E-state index is 12.2. The molecule has 3 rings (SSSR count). The van der Waals surface area contributed by atoms with E-state index in [1.807, 2.05) is 24.3 Å². The van der Waals surface area contributed by atoms with Gasteiger partial charge in [-0.25, -0.2) is 5.43 Å². The van der Waals surface area contributed by atoms with Crippen molar-refractivity contribution in [1.82, 2.24) is 15.2 Å². The summed E-state index contributed by atoms with van der Waals surface area (Å²) in [4.78, 5) is 12.2. The van der Waals surface area contributed by atoms with E-state index in [0.717, 1.165) is 10.0 Å². The molecule has 9 heteroatoms. The molecule has 0 fully saturated rings. The van der Waals surface area contributed by atoms with Crippen LogP contribution in [0.4, 0.5) is 0 Å². The first-order valence-electron chi connectivity index (χ1n) is 7.71. The minimum absolute atomic E-state index is 0.104. The Hall–Kier alpha value is -1.97. The number of halogens is 3. The molecule has 0 saturated carbocycles. The molecular formula is C18H13Br3N4O2. The van der Waals surface area contributed by atoms with Crippen molar-refractivity contribution >= 4 is 59.9 Å². The van der Waals surface area contributed by atoms with Crippen molar-refractivity contribution in [3.63, 3.8) is 0 Å². The van der Waals surface area contributed by atoms with Crippen molar-refractivity contribution in [1.29, 1.82) is 0 Å². The number of aromatic hydroxyl groups is 1. The van der Waals surface area contributed by atoms with Gasteiger partial charge < -0.3 is 5.11 Å². The van der Waals surface area contributed by atoms with Gasteiger partial charge in [0.2, 0.25) is 0 Å². The van der Waals surface area contributed by atoms with Crippen LogP contribution in [0.5, 0.6) is 5.75 Å². The Balaban J connectivity index is 1.62. The summed E-state index contributed by atoms with van der Waals surface area (Å²) in [6.45, 7) is 0.561. The zero-order chi connectivity index (χ0) is 19.4. The number of hydrogen-bond acceptors (Lipinski definition) is 4. The molecule has 2 N–H and O–H groups in total. The van der Waals surface area contributed by atoms with Crippen molar-refractivity contribution < 1.29 is 9.90 Å². The van der Waals surface area contributed by atoms with E-state index in [-0.39, 0.29) is 11.4 Å². The zero-order valence-corrected chi connectivity index (χ0v) is 18.5. The summed E-state index contributed by atoms with van der Waals surface area (Å²) < 4.78 is 3.73. The minimum atomic E-state index is -0.406. The number of nitrogens with zero attached hydrogens (tertiary/aromatic N) is 3. The Bertz CT molecular complexity index is 994. The number of hydrazone groups is 1. The quantitative estimate of drug-likeness (QED) is 0.353. The number of nitrogens with one attached hydrogen (secondary N) is 1. The largest absolute Gasteiger partial charge is 0.506 e. The Labute approximate surface area is 180 Å². The Morgan fingerprint density at radius 2 is 1.93 bits per heavy atom. The highest BCUT2D eigenvalue weighted by atomic mass is 79.9. The van der Waals surface area contributed by atoms with Gasteiger partial charge in [-0.05, 0) is 73.3 Å². The monoisotopic (exact) mass is 554 g/mol. The van der Waals surface area contributed by atoms with Crippen LogP contribution in [0.25, 0.3) is 0 Å². The van der Waals surface area contributed by atoms with Gasteiger partial charge in [-0.1, -0.05) is 28.1 Å². The summed E-state index contributed by atoms with van der Waals surface area (Å²) in [5, 5.41) is 17.9. The Morgan fingerprint density at radius 3 is 2.63 bits per heavy atom. The van der Waals surface area contributed by atoms with Gasteiger partial charge in [-0.15, -0.1) is 0 Å². The third kappa shape index (κ3) is 5.27. The number of rotatable bonds is 5. The average molecular weight is 557 g/mol. The van der Waals surface area contributed by atoms with Crippen LogP contribution in [0.3, 0.4) is 0 Å². The maximum Gasteiger partial charge on any atom is 0.291 e. The van der Waals surface area contributed by atoms with E-state index in [1.165, 1.54) is 6.21 Å². The summed E-state index contributed by atoms with van der Waals surface area (Å²) in [5.74, 6) is -0.302. The molecule has 138 valence electrons. The lowest BCUT2D eigenvalue weighted by atomic mass is 10.2. The average Bonchev–Trinajstić information content (AvgIpc) is 3.08. The molecule has 1 amide bonds. The van der Waals surface area contributed by atoms with E-state index in [2.05, 4.69) is 63.4 Å². The zero-order valence-electron chi connectivity index (χ0n) is 13.7. The highest BCUT2D eigenvalue weighted by Gasteiger charge is 2.09. The lowest BCUT2D eigenvalue weighted by Gasteiger charge is -2.03. The first-order valence-corrected chi connectivity index (χ1v) is 10.1. The second-order valence-corrected chi connectivity index (χ2v) is 8.19. The molecule has 1 aromatic heterocycles. The van der Waals surface area contributed by atoms with E-state index in [0.29, 0.717) is 21.1 Å². The van der Waals surface area contributed by atoms with Crippen LogP contribution in [-0.4, -0.2) is 27.0 Å². The third-order valence-electron chi connectivity index (χ3n) is 3.53. The van der Waals surface area contributed by atoms with E-state index in [4.69, 9.17) is 0 Å². The molecular weight excluding hydrogens is 544 g/mol. The number of phenols is 1. The predicted molar refractivity (Wildman–Crippen MR) is 114 cm³/mol. The van der Waals surface area contributed by atoms with Crippen molar-refractivity contribution in [2.75, 3.05) is 0 Å². The molecule has 0 aliphatic heterocycles. The van der Waals surface area contributed by atoms with Gasteiger partial charge in [0.1, 0.15) is 5.75 Å². The lowest BCUT2D eigenvalue weighted by Crippen LogP contribution is -2.18. The molecule has 6 nitrogen and oxygen atoms in total. The highest BCUT2D eigenvalue weighted by molar-refractivity contribution is 9.11. The fraction of sp³-hybridized carbons (Fsp3) is 0.0556. The SMILES string of the molecule is O=C(NN=Cc1cc(Br)c(O)c(Br)c1)c1ccn(Cc2cccc(Br)c2)n1. The van der Waals surface area contributed by atoms with Gasteiger partial charge in [0.05, 0.1) is 21.7 Å². The van der Waals surface area contributed by atoms with E-state index < -0.39 is 5.91 Å². The molecule has 0 bridgehead atoms. The number of aromatic nitrogens is 2. The topological polar surface area (TPSA) is 79.5 Å². The molecule has 0 unspecified atom stereocenters. The van der Waals surface area contributed by atoms with Gasteiger partial charge in [-0.3, -0.25) is 9.48 Å². The molecule has 0 saturated heterocycles. The summed E-state index contributed by atoms with van der Waals surface area (Å²) in [6.07, 6.45) is 3.22. The van der Waals surface area contributed by atoms with Gasteiger partial charge in [0.15, 0.2) is 5.69 Å². The molecule has 1 heterocycles. The van der Waals surface area contributed by atoms with Gasteiger partial charge in [-0.2, -0.15) is 10.2 Å². The highest BCUT2D eigenvalue weighted by Crippen LogP contribution is 2.32. The normalized spacial score (nSPS) is 11.1. The number of hydrogen-bond donors (Lipinski definition) is 2. The van der Waals surface area contributed by atoms with Crippen LogP contribution in [0.1, 0.15) is 21.6 Å².